The average Bonchev–Trinajstić information content (AvgIpc) is 2.86. The number of carbonyl (C=O) groups is 1. The smallest absolute Gasteiger partial charge is 0.247 e. The quantitative estimate of drug-likeness (QED) is 0.524. The minimum Gasteiger partial charge on any atom is -0.493 e. The van der Waals surface area contributed by atoms with Gasteiger partial charge in [-0.15, -0.1) is 0 Å². The van der Waals surface area contributed by atoms with Crippen LogP contribution in [0.15, 0.2) is 35.9 Å². The standard InChI is InChI=1S/C27H32Cl2N2O3/c1-33-25-16-20-4-5-21(15-22(20)17-26(25)34-2)27(32)30-9-12-31-10-7-18(8-11-31)13-19-3-6-23(28)24(29)14-19/h3,6,14-18H,4-5,7-13H2,1-2H3,(H,30,32). The highest BCUT2D eigenvalue weighted by molar-refractivity contribution is 6.42. The number of methoxy groups -OCH3 is 2. The van der Waals surface area contributed by atoms with Gasteiger partial charge in [0.1, 0.15) is 0 Å². The van der Waals surface area contributed by atoms with Gasteiger partial charge in [0.2, 0.25) is 5.91 Å². The van der Waals surface area contributed by atoms with Gasteiger partial charge < -0.3 is 19.7 Å². The third-order valence-corrected chi connectivity index (χ3v) is 7.60. The highest BCUT2D eigenvalue weighted by atomic mass is 35.5. The molecule has 1 N–H and O–H groups in total. The number of piperidine rings is 1. The molecule has 0 atom stereocenters. The number of amides is 1. The van der Waals surface area contributed by atoms with Crippen LogP contribution in [-0.2, 0) is 17.6 Å². The lowest BCUT2D eigenvalue weighted by molar-refractivity contribution is -0.117. The SMILES string of the molecule is COc1cc2c(cc1OC)CCC(C(=O)NCCN1CCC(Cc3ccc(Cl)c(Cl)c3)CC1)=C2. The number of aryl methyl sites for hydroxylation is 1. The fourth-order valence-corrected chi connectivity index (χ4v) is 5.17. The highest BCUT2D eigenvalue weighted by Gasteiger charge is 2.21. The van der Waals surface area contributed by atoms with Crippen LogP contribution in [0.2, 0.25) is 10.0 Å². The van der Waals surface area contributed by atoms with Crippen molar-refractivity contribution in [1.82, 2.24) is 10.2 Å². The van der Waals surface area contributed by atoms with E-state index in [0.29, 0.717) is 28.3 Å². The van der Waals surface area contributed by atoms with E-state index in [1.165, 1.54) is 11.1 Å². The summed E-state index contributed by atoms with van der Waals surface area (Å²) in [7, 11) is 3.26. The molecule has 1 aliphatic carbocycles. The Morgan fingerprint density at radius 3 is 2.47 bits per heavy atom. The zero-order chi connectivity index (χ0) is 24.1. The number of hydrogen-bond donors (Lipinski definition) is 1. The molecule has 7 heteroatoms. The molecule has 0 aromatic heterocycles. The Morgan fingerprint density at radius 1 is 1.03 bits per heavy atom. The summed E-state index contributed by atoms with van der Waals surface area (Å²) in [6.07, 6.45) is 6.87. The van der Waals surface area contributed by atoms with Crippen LogP contribution >= 0.6 is 23.2 Å². The van der Waals surface area contributed by atoms with E-state index >= 15 is 0 Å². The lowest BCUT2D eigenvalue weighted by Gasteiger charge is -2.32. The second kappa shape index (κ2) is 11.5. The number of likely N-dealkylation sites (tertiary alicyclic amines) is 1. The summed E-state index contributed by atoms with van der Waals surface area (Å²) < 4.78 is 10.8. The lowest BCUT2D eigenvalue weighted by atomic mass is 9.90. The van der Waals surface area contributed by atoms with Crippen molar-refractivity contribution in [1.29, 1.82) is 0 Å². The molecule has 0 radical (unpaired) electrons. The molecular weight excluding hydrogens is 471 g/mol. The molecule has 1 saturated heterocycles. The number of ether oxygens (including phenoxy) is 2. The van der Waals surface area contributed by atoms with E-state index in [4.69, 9.17) is 32.7 Å². The average molecular weight is 503 g/mol. The molecular formula is C27H32Cl2N2O3. The van der Waals surface area contributed by atoms with Gasteiger partial charge in [0.05, 0.1) is 24.3 Å². The Morgan fingerprint density at radius 2 is 1.76 bits per heavy atom. The molecule has 0 saturated carbocycles. The van der Waals surface area contributed by atoms with E-state index in [-0.39, 0.29) is 5.91 Å². The Labute approximate surface area is 212 Å². The summed E-state index contributed by atoms with van der Waals surface area (Å²) in [6.45, 7) is 3.64. The van der Waals surface area contributed by atoms with E-state index in [2.05, 4.69) is 16.3 Å². The summed E-state index contributed by atoms with van der Waals surface area (Å²) in [5, 5.41) is 4.35. The number of nitrogens with zero attached hydrogens (tertiary/aromatic N) is 1. The van der Waals surface area contributed by atoms with Crippen molar-refractivity contribution >= 4 is 35.2 Å². The topological polar surface area (TPSA) is 50.8 Å². The molecule has 1 aliphatic heterocycles. The van der Waals surface area contributed by atoms with Gasteiger partial charge in [0, 0.05) is 18.7 Å². The molecule has 182 valence electrons. The van der Waals surface area contributed by atoms with Crippen LogP contribution in [0.3, 0.4) is 0 Å². The first-order valence-electron chi connectivity index (χ1n) is 11.9. The normalized spacial score (nSPS) is 16.5. The van der Waals surface area contributed by atoms with Crippen molar-refractivity contribution in [3.63, 3.8) is 0 Å². The van der Waals surface area contributed by atoms with E-state index in [9.17, 15) is 4.79 Å². The fraction of sp³-hybridized carbons (Fsp3) is 0.444. The van der Waals surface area contributed by atoms with Crippen molar-refractivity contribution in [2.75, 3.05) is 40.4 Å². The van der Waals surface area contributed by atoms with Gasteiger partial charge >= 0.3 is 0 Å². The fourth-order valence-electron chi connectivity index (χ4n) is 4.85. The predicted molar refractivity (Wildman–Crippen MR) is 138 cm³/mol. The zero-order valence-electron chi connectivity index (χ0n) is 19.8. The molecule has 5 nitrogen and oxygen atoms in total. The number of carbonyl (C=O) groups excluding carboxylic acids is 1. The predicted octanol–water partition coefficient (Wildman–Crippen LogP) is 5.41. The highest BCUT2D eigenvalue weighted by Crippen LogP contribution is 2.35. The zero-order valence-corrected chi connectivity index (χ0v) is 21.3. The van der Waals surface area contributed by atoms with Gasteiger partial charge in [-0.3, -0.25) is 4.79 Å². The maximum Gasteiger partial charge on any atom is 0.247 e. The molecule has 2 aromatic carbocycles. The summed E-state index contributed by atoms with van der Waals surface area (Å²) in [6, 6.07) is 9.88. The van der Waals surface area contributed by atoms with Crippen molar-refractivity contribution in [2.45, 2.75) is 32.1 Å². The van der Waals surface area contributed by atoms with Crippen LogP contribution in [0.4, 0.5) is 0 Å². The Balaban J connectivity index is 1.22. The van der Waals surface area contributed by atoms with E-state index in [1.54, 1.807) is 14.2 Å². The molecule has 2 aromatic rings. The molecule has 34 heavy (non-hydrogen) atoms. The number of hydrogen-bond acceptors (Lipinski definition) is 4. The number of halogens is 2. The maximum absolute atomic E-state index is 12.8. The molecule has 0 spiro atoms. The lowest BCUT2D eigenvalue weighted by Crippen LogP contribution is -2.40. The van der Waals surface area contributed by atoms with Crippen LogP contribution in [0.5, 0.6) is 11.5 Å². The van der Waals surface area contributed by atoms with Crippen LogP contribution < -0.4 is 14.8 Å². The van der Waals surface area contributed by atoms with E-state index in [1.807, 2.05) is 30.3 Å². The van der Waals surface area contributed by atoms with Gasteiger partial charge in [-0.25, -0.2) is 0 Å². The Kier molecular flexibility index (Phi) is 8.41. The van der Waals surface area contributed by atoms with Gasteiger partial charge in [-0.1, -0.05) is 29.3 Å². The second-order valence-corrected chi connectivity index (χ2v) is 9.88. The van der Waals surface area contributed by atoms with Crippen molar-refractivity contribution < 1.29 is 14.3 Å². The summed E-state index contributed by atoms with van der Waals surface area (Å²) in [5.74, 6) is 2.09. The monoisotopic (exact) mass is 502 g/mol. The molecule has 4 rings (SSSR count). The maximum atomic E-state index is 12.8. The molecule has 1 amide bonds. The van der Waals surface area contributed by atoms with Gasteiger partial charge in [0.25, 0.3) is 0 Å². The minimum absolute atomic E-state index is 0.0231. The van der Waals surface area contributed by atoms with Crippen LogP contribution in [0.1, 0.15) is 36.0 Å². The first-order valence-corrected chi connectivity index (χ1v) is 12.6. The Hall–Kier alpha value is -2.21. The minimum atomic E-state index is 0.0231. The third kappa shape index (κ3) is 6.07. The molecule has 0 unspecified atom stereocenters. The Bertz CT molecular complexity index is 1060. The van der Waals surface area contributed by atoms with Crippen molar-refractivity contribution in [3.8, 4) is 11.5 Å². The molecule has 1 fully saturated rings. The summed E-state index contributed by atoms with van der Waals surface area (Å²) >= 11 is 12.2. The number of nitrogens with one attached hydrogen (secondary N) is 1. The number of fused-ring (bicyclic) bond motifs is 1. The van der Waals surface area contributed by atoms with E-state index in [0.717, 1.165) is 68.6 Å². The van der Waals surface area contributed by atoms with Gasteiger partial charge in [0.15, 0.2) is 11.5 Å². The molecule has 1 heterocycles. The molecule has 2 aliphatic rings. The van der Waals surface area contributed by atoms with Crippen LogP contribution in [0.25, 0.3) is 6.08 Å². The van der Waals surface area contributed by atoms with Crippen LogP contribution in [-0.4, -0.2) is 51.2 Å². The first-order chi connectivity index (χ1) is 16.5. The third-order valence-electron chi connectivity index (χ3n) is 6.86. The van der Waals surface area contributed by atoms with Gasteiger partial charge in [-0.05, 0) is 98.1 Å². The first kappa shape index (κ1) is 24.9. The second-order valence-electron chi connectivity index (χ2n) is 9.07. The number of benzene rings is 2. The number of rotatable bonds is 8. The molecule has 0 bridgehead atoms. The summed E-state index contributed by atoms with van der Waals surface area (Å²) in [4.78, 5) is 15.2. The van der Waals surface area contributed by atoms with Crippen molar-refractivity contribution in [2.24, 2.45) is 5.92 Å². The van der Waals surface area contributed by atoms with Crippen LogP contribution in [0, 0.1) is 5.92 Å². The largest absolute Gasteiger partial charge is 0.493 e. The summed E-state index contributed by atoms with van der Waals surface area (Å²) in [5.41, 5.74) is 4.27. The van der Waals surface area contributed by atoms with Crippen molar-refractivity contribution in [3.05, 3.63) is 62.6 Å². The van der Waals surface area contributed by atoms with E-state index < -0.39 is 0 Å². The van der Waals surface area contributed by atoms with Gasteiger partial charge in [-0.2, -0.15) is 0 Å².